The number of benzene rings is 2. The molecule has 21 heavy (non-hydrogen) atoms. The first kappa shape index (κ1) is 16.2. The summed E-state index contributed by atoms with van der Waals surface area (Å²) in [5, 5.41) is 0.695. The van der Waals surface area contributed by atoms with Crippen LogP contribution in [-0.4, -0.2) is 23.2 Å². The minimum absolute atomic E-state index is 0.213. The molecular formula is C16H14Cl3NO. The molecule has 1 amide bonds. The van der Waals surface area contributed by atoms with Crippen molar-refractivity contribution in [3.8, 4) is 0 Å². The Labute approximate surface area is 139 Å². The highest BCUT2D eigenvalue weighted by atomic mass is 35.5. The van der Waals surface area contributed by atoms with Crippen molar-refractivity contribution in [1.29, 1.82) is 0 Å². The lowest BCUT2D eigenvalue weighted by molar-refractivity contribution is 0.0754. The molecule has 0 unspecified atom stereocenters. The predicted octanol–water partition coefficient (Wildman–Crippen LogP) is 4.87. The average Bonchev–Trinajstić information content (AvgIpc) is 2.47. The quantitative estimate of drug-likeness (QED) is 0.710. The van der Waals surface area contributed by atoms with Gasteiger partial charge in [-0.25, -0.2) is 0 Å². The van der Waals surface area contributed by atoms with Crippen LogP contribution in [0.25, 0.3) is 0 Å². The summed E-state index contributed by atoms with van der Waals surface area (Å²) in [6.07, 6.45) is 0. The Kier molecular flexibility index (Phi) is 5.92. The summed E-state index contributed by atoms with van der Waals surface area (Å²) in [7, 11) is 0. The van der Waals surface area contributed by atoms with Crippen LogP contribution in [0.15, 0.2) is 48.5 Å². The number of nitrogens with zero attached hydrogens (tertiary/aromatic N) is 1. The maximum Gasteiger partial charge on any atom is 0.257 e. The lowest BCUT2D eigenvalue weighted by atomic mass is 10.1. The fourth-order valence-electron chi connectivity index (χ4n) is 2.02. The zero-order valence-electron chi connectivity index (χ0n) is 11.2. The van der Waals surface area contributed by atoms with Gasteiger partial charge in [0.2, 0.25) is 0 Å². The summed E-state index contributed by atoms with van der Waals surface area (Å²) in [4.78, 5) is 14.3. The Bertz CT molecular complexity index is 596. The number of amides is 1. The fourth-order valence-corrected chi connectivity index (χ4v) is 2.78. The van der Waals surface area contributed by atoms with Gasteiger partial charge in [0.05, 0.1) is 15.6 Å². The molecule has 2 aromatic rings. The molecule has 0 spiro atoms. The van der Waals surface area contributed by atoms with E-state index < -0.39 is 0 Å². The fraction of sp³-hybridized carbons (Fsp3) is 0.188. The van der Waals surface area contributed by atoms with E-state index in [0.29, 0.717) is 34.6 Å². The Morgan fingerprint density at radius 1 is 0.952 bits per heavy atom. The van der Waals surface area contributed by atoms with E-state index in [1.807, 2.05) is 30.3 Å². The molecule has 2 aromatic carbocycles. The van der Waals surface area contributed by atoms with Gasteiger partial charge >= 0.3 is 0 Å². The van der Waals surface area contributed by atoms with E-state index in [-0.39, 0.29) is 5.91 Å². The Hall–Kier alpha value is -1.22. The molecule has 5 heteroatoms. The van der Waals surface area contributed by atoms with E-state index in [0.717, 1.165) is 5.56 Å². The van der Waals surface area contributed by atoms with Crippen LogP contribution in [0.1, 0.15) is 15.9 Å². The zero-order valence-corrected chi connectivity index (χ0v) is 13.5. The summed E-state index contributed by atoms with van der Waals surface area (Å²) in [6, 6.07) is 14.7. The third-order valence-corrected chi connectivity index (χ3v) is 3.83. The summed E-state index contributed by atoms with van der Waals surface area (Å²) in [6.45, 7) is 0.894. The Balaban J connectivity index is 2.27. The monoisotopic (exact) mass is 341 g/mol. The van der Waals surface area contributed by atoms with Crippen molar-refractivity contribution in [1.82, 2.24) is 4.90 Å². The number of alkyl halides is 1. The number of hydrogen-bond acceptors (Lipinski definition) is 1. The molecule has 0 aliphatic carbocycles. The van der Waals surface area contributed by atoms with E-state index >= 15 is 0 Å². The lowest BCUT2D eigenvalue weighted by Gasteiger charge is -2.23. The highest BCUT2D eigenvalue weighted by Gasteiger charge is 2.21. The Morgan fingerprint density at radius 2 is 1.57 bits per heavy atom. The Morgan fingerprint density at radius 3 is 2.14 bits per heavy atom. The summed E-state index contributed by atoms with van der Waals surface area (Å²) >= 11 is 18.0. The van der Waals surface area contributed by atoms with Gasteiger partial charge in [-0.05, 0) is 17.7 Å². The number of rotatable bonds is 5. The molecule has 2 rings (SSSR count). The van der Waals surface area contributed by atoms with Crippen LogP contribution in [0.2, 0.25) is 10.0 Å². The first-order valence-corrected chi connectivity index (χ1v) is 7.75. The van der Waals surface area contributed by atoms with E-state index in [4.69, 9.17) is 34.8 Å². The summed E-state index contributed by atoms with van der Waals surface area (Å²) in [5.74, 6) is 0.135. The highest BCUT2D eigenvalue weighted by molar-refractivity contribution is 6.39. The molecule has 0 atom stereocenters. The van der Waals surface area contributed by atoms with Gasteiger partial charge in [0, 0.05) is 19.0 Å². The smallest absolute Gasteiger partial charge is 0.257 e. The normalized spacial score (nSPS) is 10.4. The SMILES string of the molecule is O=C(c1c(Cl)cccc1Cl)N(CCCl)Cc1ccccc1. The van der Waals surface area contributed by atoms with E-state index in [9.17, 15) is 4.79 Å². The molecule has 2 nitrogen and oxygen atoms in total. The van der Waals surface area contributed by atoms with Gasteiger partial charge < -0.3 is 4.90 Å². The van der Waals surface area contributed by atoms with Crippen LogP contribution in [0, 0.1) is 0 Å². The van der Waals surface area contributed by atoms with Crippen LogP contribution in [0.5, 0.6) is 0 Å². The molecule has 0 aromatic heterocycles. The van der Waals surface area contributed by atoms with Gasteiger partial charge in [0.15, 0.2) is 0 Å². The number of hydrogen-bond donors (Lipinski definition) is 0. The first-order chi connectivity index (χ1) is 10.1. The lowest BCUT2D eigenvalue weighted by Crippen LogP contribution is -2.32. The third kappa shape index (κ3) is 4.13. The predicted molar refractivity (Wildman–Crippen MR) is 88.4 cm³/mol. The van der Waals surface area contributed by atoms with Crippen LogP contribution in [0.3, 0.4) is 0 Å². The van der Waals surface area contributed by atoms with Crippen LogP contribution < -0.4 is 0 Å². The second kappa shape index (κ2) is 7.69. The molecule has 0 saturated heterocycles. The van der Waals surface area contributed by atoms with Crippen molar-refractivity contribution in [3.63, 3.8) is 0 Å². The molecule has 0 aliphatic rings. The molecule has 0 saturated carbocycles. The summed E-state index contributed by atoms with van der Waals surface area (Å²) in [5.41, 5.74) is 1.35. The minimum Gasteiger partial charge on any atom is -0.333 e. The maximum absolute atomic E-state index is 12.7. The highest BCUT2D eigenvalue weighted by Crippen LogP contribution is 2.26. The molecule has 0 bridgehead atoms. The summed E-state index contributed by atoms with van der Waals surface area (Å²) < 4.78 is 0. The van der Waals surface area contributed by atoms with Gasteiger partial charge in [-0.15, -0.1) is 11.6 Å². The van der Waals surface area contributed by atoms with Gasteiger partial charge in [-0.1, -0.05) is 59.6 Å². The maximum atomic E-state index is 12.7. The topological polar surface area (TPSA) is 20.3 Å². The van der Waals surface area contributed by atoms with Crippen molar-refractivity contribution >= 4 is 40.7 Å². The number of carbonyl (C=O) groups is 1. The van der Waals surface area contributed by atoms with Crippen molar-refractivity contribution in [2.75, 3.05) is 12.4 Å². The molecular weight excluding hydrogens is 329 g/mol. The zero-order chi connectivity index (χ0) is 15.2. The standard InChI is InChI=1S/C16H14Cl3NO/c17-9-10-20(11-12-5-2-1-3-6-12)16(21)15-13(18)7-4-8-14(15)19/h1-8H,9-11H2. The largest absolute Gasteiger partial charge is 0.333 e. The van der Waals surface area contributed by atoms with Crippen LogP contribution in [0.4, 0.5) is 0 Å². The molecule has 0 radical (unpaired) electrons. The second-order valence-electron chi connectivity index (χ2n) is 4.50. The van der Waals surface area contributed by atoms with Crippen LogP contribution >= 0.6 is 34.8 Å². The van der Waals surface area contributed by atoms with E-state index in [1.54, 1.807) is 23.1 Å². The van der Waals surface area contributed by atoms with Crippen molar-refractivity contribution in [2.45, 2.75) is 6.54 Å². The number of halogens is 3. The first-order valence-electron chi connectivity index (χ1n) is 6.46. The van der Waals surface area contributed by atoms with E-state index in [1.165, 1.54) is 0 Å². The number of carbonyl (C=O) groups excluding carboxylic acids is 1. The average molecular weight is 343 g/mol. The molecule has 0 heterocycles. The molecule has 0 fully saturated rings. The van der Waals surface area contributed by atoms with Gasteiger partial charge in [-0.2, -0.15) is 0 Å². The van der Waals surface area contributed by atoms with Gasteiger partial charge in [0.25, 0.3) is 5.91 Å². The van der Waals surface area contributed by atoms with E-state index in [2.05, 4.69) is 0 Å². The van der Waals surface area contributed by atoms with Gasteiger partial charge in [0.1, 0.15) is 0 Å². The third-order valence-electron chi connectivity index (χ3n) is 3.03. The second-order valence-corrected chi connectivity index (χ2v) is 5.69. The minimum atomic E-state index is -0.213. The molecule has 0 aliphatic heterocycles. The van der Waals surface area contributed by atoms with Crippen LogP contribution in [-0.2, 0) is 6.54 Å². The van der Waals surface area contributed by atoms with Crippen molar-refractivity contribution in [3.05, 3.63) is 69.7 Å². The van der Waals surface area contributed by atoms with Gasteiger partial charge in [-0.3, -0.25) is 4.79 Å². The molecule has 0 N–H and O–H groups in total. The van der Waals surface area contributed by atoms with Crippen molar-refractivity contribution in [2.24, 2.45) is 0 Å². The molecule has 110 valence electrons. The van der Waals surface area contributed by atoms with Crippen molar-refractivity contribution < 1.29 is 4.79 Å².